The van der Waals surface area contributed by atoms with Crippen LogP contribution in [0.15, 0.2) is 0 Å². The van der Waals surface area contributed by atoms with E-state index in [0.29, 0.717) is 0 Å². The van der Waals surface area contributed by atoms with E-state index >= 15 is 0 Å². The third-order valence-corrected chi connectivity index (χ3v) is 2.13. The fourth-order valence-corrected chi connectivity index (χ4v) is 1.33. The van der Waals surface area contributed by atoms with Crippen LogP contribution in [0.5, 0.6) is 0 Å². The van der Waals surface area contributed by atoms with Crippen molar-refractivity contribution >= 4 is 5.97 Å². The largest absolute Gasteiger partial charge is 0.433 e. The number of esters is 1. The predicted molar refractivity (Wildman–Crippen MR) is 45.5 cm³/mol. The number of carbonyl (C=O) groups is 1. The zero-order chi connectivity index (χ0) is 11.6. The fraction of sp³-hybridized carbons (Fsp3) is 0.875. The molecule has 0 radical (unpaired) electrons. The maximum Gasteiger partial charge on any atom is 0.305 e. The lowest BCUT2D eigenvalue weighted by Gasteiger charge is -2.38. The number of ether oxygens (including phenoxy) is 2. The van der Waals surface area contributed by atoms with Crippen LogP contribution in [0.1, 0.15) is 6.92 Å². The summed E-state index contributed by atoms with van der Waals surface area (Å²) >= 11 is 0. The monoisotopic (exact) mass is 222 g/mol. The highest BCUT2D eigenvalue weighted by atomic mass is 16.7. The molecule has 7 heteroatoms. The third-order valence-electron chi connectivity index (χ3n) is 2.13. The molecule has 1 rings (SSSR count). The minimum absolute atomic E-state index is 0.553. The highest BCUT2D eigenvalue weighted by molar-refractivity contribution is 5.66. The molecule has 0 amide bonds. The predicted octanol–water partition coefficient (Wildman–Crippen LogP) is -2.65. The van der Waals surface area contributed by atoms with Gasteiger partial charge in [0.1, 0.15) is 24.4 Å². The molecule has 0 spiro atoms. The quantitative estimate of drug-likeness (QED) is 0.377. The van der Waals surface area contributed by atoms with Crippen LogP contribution in [-0.2, 0) is 14.3 Å². The molecular formula is C8H14O7. The smallest absolute Gasteiger partial charge is 0.305 e. The van der Waals surface area contributed by atoms with Crippen molar-refractivity contribution in [3.05, 3.63) is 0 Å². The number of rotatable bonds is 2. The fourth-order valence-electron chi connectivity index (χ4n) is 1.33. The van der Waals surface area contributed by atoms with Crippen LogP contribution in [0.4, 0.5) is 0 Å². The highest BCUT2D eigenvalue weighted by Gasteiger charge is 2.44. The standard InChI is InChI=1S/C8H14O7/c1-3(10)14-8-7(13)6(12)5(11)4(2-9)15-8/h4-9,11-13H,2H2,1H3/t4-,5-,6+,7-,8?/m1/s1. The maximum absolute atomic E-state index is 10.6. The topological polar surface area (TPSA) is 116 Å². The van der Waals surface area contributed by atoms with E-state index in [2.05, 4.69) is 4.74 Å². The third kappa shape index (κ3) is 2.64. The Hall–Kier alpha value is -0.730. The summed E-state index contributed by atoms with van der Waals surface area (Å²) in [5.74, 6) is -0.695. The molecule has 0 saturated carbocycles. The molecule has 0 bridgehead atoms. The summed E-state index contributed by atoms with van der Waals surface area (Å²) in [7, 11) is 0. The summed E-state index contributed by atoms with van der Waals surface area (Å²) < 4.78 is 9.45. The highest BCUT2D eigenvalue weighted by Crippen LogP contribution is 2.21. The van der Waals surface area contributed by atoms with Crippen LogP contribution in [0.3, 0.4) is 0 Å². The lowest BCUT2D eigenvalue weighted by molar-refractivity contribution is -0.292. The Balaban J connectivity index is 2.69. The van der Waals surface area contributed by atoms with Crippen molar-refractivity contribution in [1.82, 2.24) is 0 Å². The van der Waals surface area contributed by atoms with E-state index in [-0.39, 0.29) is 0 Å². The molecular weight excluding hydrogens is 208 g/mol. The molecule has 1 unspecified atom stereocenters. The number of aliphatic hydroxyl groups excluding tert-OH is 4. The van der Waals surface area contributed by atoms with Crippen LogP contribution in [-0.4, -0.2) is 63.7 Å². The zero-order valence-electron chi connectivity index (χ0n) is 8.11. The van der Waals surface area contributed by atoms with Crippen molar-refractivity contribution in [3.8, 4) is 0 Å². The van der Waals surface area contributed by atoms with Crippen LogP contribution in [0, 0.1) is 0 Å². The minimum atomic E-state index is -1.54. The molecule has 1 aliphatic heterocycles. The summed E-state index contributed by atoms with van der Waals surface area (Å²) in [6, 6.07) is 0. The Morgan fingerprint density at radius 1 is 1.27 bits per heavy atom. The molecule has 1 aliphatic rings. The van der Waals surface area contributed by atoms with Crippen molar-refractivity contribution in [1.29, 1.82) is 0 Å². The van der Waals surface area contributed by atoms with Gasteiger partial charge in [0.2, 0.25) is 6.29 Å². The lowest BCUT2D eigenvalue weighted by atomic mass is 9.99. The Morgan fingerprint density at radius 2 is 1.87 bits per heavy atom. The molecule has 5 atom stereocenters. The summed E-state index contributed by atoms with van der Waals surface area (Å²) in [6.07, 6.45) is -6.95. The van der Waals surface area contributed by atoms with E-state index in [4.69, 9.17) is 9.84 Å². The van der Waals surface area contributed by atoms with Gasteiger partial charge < -0.3 is 29.9 Å². The van der Waals surface area contributed by atoms with Gasteiger partial charge in [-0.1, -0.05) is 0 Å². The second-order valence-corrected chi connectivity index (χ2v) is 3.31. The van der Waals surface area contributed by atoms with E-state index in [0.717, 1.165) is 6.92 Å². The average Bonchev–Trinajstić information content (AvgIpc) is 2.18. The van der Waals surface area contributed by atoms with Gasteiger partial charge >= 0.3 is 5.97 Å². The second-order valence-electron chi connectivity index (χ2n) is 3.31. The van der Waals surface area contributed by atoms with Crippen LogP contribution in [0.2, 0.25) is 0 Å². The van der Waals surface area contributed by atoms with Crippen molar-refractivity contribution in [2.45, 2.75) is 37.6 Å². The van der Waals surface area contributed by atoms with Gasteiger partial charge in [-0.05, 0) is 0 Å². The first-order chi connectivity index (χ1) is 6.97. The second kappa shape index (κ2) is 4.86. The first-order valence-electron chi connectivity index (χ1n) is 4.45. The minimum Gasteiger partial charge on any atom is -0.433 e. The molecule has 0 aromatic carbocycles. The van der Waals surface area contributed by atoms with E-state index in [1.54, 1.807) is 0 Å². The maximum atomic E-state index is 10.6. The summed E-state index contributed by atoms with van der Waals surface area (Å²) in [5.41, 5.74) is 0. The van der Waals surface area contributed by atoms with Crippen molar-refractivity contribution in [2.24, 2.45) is 0 Å². The summed E-state index contributed by atoms with van der Waals surface area (Å²) in [6.45, 7) is 0.560. The normalized spacial score (nSPS) is 41.3. The molecule has 15 heavy (non-hydrogen) atoms. The van der Waals surface area contributed by atoms with Crippen molar-refractivity contribution in [3.63, 3.8) is 0 Å². The van der Waals surface area contributed by atoms with Crippen LogP contribution < -0.4 is 0 Å². The Bertz CT molecular complexity index is 229. The summed E-state index contributed by atoms with van der Waals surface area (Å²) in [5, 5.41) is 36.8. The van der Waals surface area contributed by atoms with Gasteiger partial charge in [0.05, 0.1) is 6.61 Å². The van der Waals surface area contributed by atoms with Gasteiger partial charge in [-0.15, -0.1) is 0 Å². The van der Waals surface area contributed by atoms with Gasteiger partial charge in [-0.25, -0.2) is 0 Å². The van der Waals surface area contributed by atoms with E-state index in [1.165, 1.54) is 0 Å². The van der Waals surface area contributed by atoms with Crippen LogP contribution >= 0.6 is 0 Å². The Kier molecular flexibility index (Phi) is 4.00. The first kappa shape index (κ1) is 12.3. The molecule has 0 aromatic heterocycles. The van der Waals surface area contributed by atoms with Crippen molar-refractivity contribution in [2.75, 3.05) is 6.61 Å². The lowest BCUT2D eigenvalue weighted by Crippen LogP contribution is -2.59. The number of hydrogen-bond acceptors (Lipinski definition) is 7. The average molecular weight is 222 g/mol. The summed E-state index contributed by atoms with van der Waals surface area (Å²) in [4.78, 5) is 10.6. The van der Waals surface area contributed by atoms with E-state index in [9.17, 15) is 20.1 Å². The van der Waals surface area contributed by atoms with E-state index < -0.39 is 43.3 Å². The molecule has 1 heterocycles. The molecule has 0 aromatic rings. The number of carbonyl (C=O) groups excluding carboxylic acids is 1. The molecule has 4 N–H and O–H groups in total. The Labute approximate surface area is 85.9 Å². The van der Waals surface area contributed by atoms with Gasteiger partial charge in [0.15, 0.2) is 0 Å². The SMILES string of the molecule is CC(=O)OC1O[C@H](CO)[C@@H](O)[C@H](O)[C@H]1O. The molecule has 88 valence electrons. The van der Waals surface area contributed by atoms with E-state index in [1.807, 2.05) is 0 Å². The number of aliphatic hydroxyl groups is 4. The molecule has 1 saturated heterocycles. The van der Waals surface area contributed by atoms with Crippen molar-refractivity contribution < 1.29 is 34.7 Å². The Morgan fingerprint density at radius 3 is 2.33 bits per heavy atom. The molecule has 1 fully saturated rings. The van der Waals surface area contributed by atoms with Gasteiger partial charge in [-0.3, -0.25) is 4.79 Å². The van der Waals surface area contributed by atoms with Gasteiger partial charge in [0.25, 0.3) is 0 Å². The van der Waals surface area contributed by atoms with Gasteiger partial charge in [-0.2, -0.15) is 0 Å². The molecule has 7 nitrogen and oxygen atoms in total. The molecule has 0 aliphatic carbocycles. The first-order valence-corrected chi connectivity index (χ1v) is 4.45. The van der Waals surface area contributed by atoms with Gasteiger partial charge in [0, 0.05) is 6.92 Å². The zero-order valence-corrected chi connectivity index (χ0v) is 8.11. The number of hydrogen-bond donors (Lipinski definition) is 4. The van der Waals surface area contributed by atoms with Crippen LogP contribution in [0.25, 0.3) is 0 Å².